The topological polar surface area (TPSA) is 43.8 Å². The van der Waals surface area contributed by atoms with Gasteiger partial charge in [-0.25, -0.2) is 4.39 Å². The summed E-state index contributed by atoms with van der Waals surface area (Å²) < 4.78 is 14.9. The molecule has 1 aromatic carbocycles. The predicted molar refractivity (Wildman–Crippen MR) is 79.1 cm³/mol. The summed E-state index contributed by atoms with van der Waals surface area (Å²) >= 11 is 6.17. The van der Waals surface area contributed by atoms with E-state index in [9.17, 15) is 4.39 Å². The van der Waals surface area contributed by atoms with Gasteiger partial charge in [-0.05, 0) is 30.5 Å². The summed E-state index contributed by atoms with van der Waals surface area (Å²) in [6.45, 7) is 0. The van der Waals surface area contributed by atoms with E-state index in [1.165, 1.54) is 31.4 Å². The van der Waals surface area contributed by atoms with Gasteiger partial charge in [0.15, 0.2) is 0 Å². The molecule has 3 rings (SSSR count). The molecule has 0 atom stereocenters. The maximum atomic E-state index is 13.2. The van der Waals surface area contributed by atoms with E-state index in [4.69, 9.17) is 17.3 Å². The Morgan fingerprint density at radius 2 is 2.20 bits per heavy atom. The van der Waals surface area contributed by atoms with Crippen LogP contribution < -0.4 is 5.73 Å². The highest BCUT2D eigenvalue weighted by Gasteiger charge is 2.24. The molecule has 0 radical (unpaired) electrons. The Kier molecular flexibility index (Phi) is 3.42. The van der Waals surface area contributed by atoms with Gasteiger partial charge in [0.05, 0.1) is 10.7 Å². The number of anilines is 1. The van der Waals surface area contributed by atoms with Crippen LogP contribution in [0, 0.1) is 11.7 Å². The fraction of sp³-hybridized carbons (Fsp3) is 0.400. The molecule has 1 aliphatic carbocycles. The van der Waals surface area contributed by atoms with Gasteiger partial charge in [0.2, 0.25) is 0 Å². The summed E-state index contributed by atoms with van der Waals surface area (Å²) in [5.41, 5.74) is 8.70. The van der Waals surface area contributed by atoms with Crippen molar-refractivity contribution in [2.75, 3.05) is 5.73 Å². The summed E-state index contributed by atoms with van der Waals surface area (Å²) in [5, 5.41) is 4.89. The SMILES string of the molecule is Cn1nc(CC2CCC2)c(-c2ccc(F)cc2Cl)c1N. The Balaban J connectivity index is 2.06. The molecule has 0 aliphatic heterocycles. The zero-order valence-electron chi connectivity index (χ0n) is 11.4. The first-order valence-corrected chi connectivity index (χ1v) is 7.21. The zero-order chi connectivity index (χ0) is 14.3. The molecule has 20 heavy (non-hydrogen) atoms. The second-order valence-electron chi connectivity index (χ2n) is 5.46. The third-order valence-electron chi connectivity index (χ3n) is 4.07. The van der Waals surface area contributed by atoms with E-state index in [1.807, 2.05) is 7.05 Å². The molecule has 106 valence electrons. The number of nitrogen functional groups attached to an aromatic ring is 1. The number of halogens is 2. The molecular formula is C15H17ClFN3. The molecule has 5 heteroatoms. The summed E-state index contributed by atoms with van der Waals surface area (Å²) in [6, 6.07) is 4.40. The van der Waals surface area contributed by atoms with Crippen molar-refractivity contribution in [1.29, 1.82) is 0 Å². The summed E-state index contributed by atoms with van der Waals surface area (Å²) in [5.74, 6) is 0.914. The van der Waals surface area contributed by atoms with Gasteiger partial charge in [0, 0.05) is 18.2 Å². The van der Waals surface area contributed by atoms with E-state index in [0.29, 0.717) is 16.8 Å². The molecule has 2 N–H and O–H groups in total. The summed E-state index contributed by atoms with van der Waals surface area (Å²) in [4.78, 5) is 0. The molecule has 0 bridgehead atoms. The highest BCUT2D eigenvalue weighted by molar-refractivity contribution is 6.33. The van der Waals surface area contributed by atoms with E-state index in [-0.39, 0.29) is 5.82 Å². The largest absolute Gasteiger partial charge is 0.383 e. The van der Waals surface area contributed by atoms with Crippen LogP contribution in [0.1, 0.15) is 25.0 Å². The minimum atomic E-state index is -0.346. The fourth-order valence-corrected chi connectivity index (χ4v) is 2.96. The molecule has 1 heterocycles. The number of aryl methyl sites for hydroxylation is 1. The van der Waals surface area contributed by atoms with Crippen molar-refractivity contribution < 1.29 is 4.39 Å². The van der Waals surface area contributed by atoms with Crippen LogP contribution in [0.2, 0.25) is 5.02 Å². The van der Waals surface area contributed by atoms with Gasteiger partial charge in [-0.15, -0.1) is 0 Å². The molecule has 0 spiro atoms. The van der Waals surface area contributed by atoms with E-state index in [0.717, 1.165) is 23.2 Å². The number of hydrogen-bond acceptors (Lipinski definition) is 2. The standard InChI is InChI=1S/C15H17ClFN3/c1-20-15(18)14(11-6-5-10(17)8-12(11)16)13(19-20)7-9-3-2-4-9/h5-6,8-9H,2-4,7,18H2,1H3. The van der Waals surface area contributed by atoms with Gasteiger partial charge < -0.3 is 5.73 Å². The minimum Gasteiger partial charge on any atom is -0.383 e. The zero-order valence-corrected chi connectivity index (χ0v) is 12.1. The van der Waals surface area contributed by atoms with Crippen LogP contribution in [-0.4, -0.2) is 9.78 Å². The van der Waals surface area contributed by atoms with Gasteiger partial charge in [-0.3, -0.25) is 4.68 Å². The van der Waals surface area contributed by atoms with E-state index < -0.39 is 0 Å². The van der Waals surface area contributed by atoms with Crippen LogP contribution in [0.5, 0.6) is 0 Å². The molecule has 1 aromatic heterocycles. The number of rotatable bonds is 3. The fourth-order valence-electron chi connectivity index (χ4n) is 2.69. The Morgan fingerprint density at radius 3 is 2.80 bits per heavy atom. The van der Waals surface area contributed by atoms with Gasteiger partial charge >= 0.3 is 0 Å². The molecule has 1 saturated carbocycles. The Bertz CT molecular complexity index is 647. The lowest BCUT2D eigenvalue weighted by Gasteiger charge is -2.24. The molecule has 0 saturated heterocycles. The molecule has 3 nitrogen and oxygen atoms in total. The quantitative estimate of drug-likeness (QED) is 0.935. The van der Waals surface area contributed by atoms with Crippen LogP contribution in [-0.2, 0) is 13.5 Å². The molecule has 1 aliphatic rings. The minimum absolute atomic E-state index is 0.346. The van der Waals surface area contributed by atoms with E-state index in [1.54, 1.807) is 10.7 Å². The van der Waals surface area contributed by atoms with Gasteiger partial charge in [-0.1, -0.05) is 30.9 Å². The highest BCUT2D eigenvalue weighted by Crippen LogP contribution is 2.38. The van der Waals surface area contributed by atoms with Crippen molar-refractivity contribution in [3.05, 3.63) is 34.7 Å². The van der Waals surface area contributed by atoms with Gasteiger partial charge in [0.25, 0.3) is 0 Å². The van der Waals surface area contributed by atoms with Crippen LogP contribution in [0.4, 0.5) is 10.2 Å². The summed E-state index contributed by atoms with van der Waals surface area (Å²) in [6.07, 6.45) is 4.69. The van der Waals surface area contributed by atoms with Crippen molar-refractivity contribution in [2.45, 2.75) is 25.7 Å². The van der Waals surface area contributed by atoms with Gasteiger partial charge in [0.1, 0.15) is 11.6 Å². The molecular weight excluding hydrogens is 277 g/mol. The second kappa shape index (κ2) is 5.09. The lowest BCUT2D eigenvalue weighted by Crippen LogP contribution is -2.14. The Morgan fingerprint density at radius 1 is 1.45 bits per heavy atom. The summed E-state index contributed by atoms with van der Waals surface area (Å²) in [7, 11) is 1.82. The third-order valence-corrected chi connectivity index (χ3v) is 4.38. The average Bonchev–Trinajstić information content (AvgIpc) is 2.61. The van der Waals surface area contributed by atoms with Crippen molar-refractivity contribution in [3.8, 4) is 11.1 Å². The normalized spacial score (nSPS) is 15.3. The van der Waals surface area contributed by atoms with Crippen LogP contribution in [0.3, 0.4) is 0 Å². The maximum Gasteiger partial charge on any atom is 0.129 e. The Hall–Kier alpha value is -1.55. The second-order valence-corrected chi connectivity index (χ2v) is 5.86. The molecule has 1 fully saturated rings. The third kappa shape index (κ3) is 2.29. The lowest BCUT2D eigenvalue weighted by atomic mass is 9.81. The van der Waals surface area contributed by atoms with Crippen molar-refractivity contribution in [1.82, 2.24) is 9.78 Å². The molecule has 2 aromatic rings. The number of hydrogen-bond donors (Lipinski definition) is 1. The lowest BCUT2D eigenvalue weighted by molar-refractivity contribution is 0.311. The first-order valence-electron chi connectivity index (χ1n) is 6.83. The van der Waals surface area contributed by atoms with Crippen molar-refractivity contribution >= 4 is 17.4 Å². The number of nitrogens with zero attached hydrogens (tertiary/aromatic N) is 2. The van der Waals surface area contributed by atoms with Crippen LogP contribution in [0.15, 0.2) is 18.2 Å². The first-order chi connectivity index (χ1) is 9.56. The average molecular weight is 294 g/mol. The van der Waals surface area contributed by atoms with Crippen molar-refractivity contribution in [3.63, 3.8) is 0 Å². The number of nitrogens with two attached hydrogens (primary N) is 1. The molecule has 0 amide bonds. The monoisotopic (exact) mass is 293 g/mol. The number of benzene rings is 1. The maximum absolute atomic E-state index is 13.2. The van der Waals surface area contributed by atoms with Crippen LogP contribution >= 0.6 is 11.6 Å². The number of aromatic nitrogens is 2. The van der Waals surface area contributed by atoms with Gasteiger partial charge in [-0.2, -0.15) is 5.10 Å². The van der Waals surface area contributed by atoms with Crippen molar-refractivity contribution in [2.24, 2.45) is 13.0 Å². The van der Waals surface area contributed by atoms with E-state index >= 15 is 0 Å². The molecule has 0 unspecified atom stereocenters. The first kappa shape index (κ1) is 13.4. The smallest absolute Gasteiger partial charge is 0.129 e. The van der Waals surface area contributed by atoms with Crippen LogP contribution in [0.25, 0.3) is 11.1 Å². The Labute approximate surface area is 122 Å². The van der Waals surface area contributed by atoms with E-state index in [2.05, 4.69) is 5.10 Å². The predicted octanol–water partition coefficient (Wildman–Crippen LogP) is 3.80. The highest BCUT2D eigenvalue weighted by atomic mass is 35.5.